The van der Waals surface area contributed by atoms with Gasteiger partial charge in [-0.2, -0.15) is 0 Å². The molecule has 0 aliphatic heterocycles. The highest BCUT2D eigenvalue weighted by Gasteiger charge is 2.14. The predicted molar refractivity (Wildman–Crippen MR) is 92.4 cm³/mol. The molecule has 2 aromatic rings. The van der Waals surface area contributed by atoms with Gasteiger partial charge in [0.1, 0.15) is 0 Å². The fraction of sp³-hybridized carbons (Fsp3) is 0.300. The second kappa shape index (κ2) is 8.28. The van der Waals surface area contributed by atoms with E-state index >= 15 is 0 Å². The number of Topliss-reactive ketones (excluding diaryl/α,β-unsaturated/α-hetero) is 1. The summed E-state index contributed by atoms with van der Waals surface area (Å²) in [6, 6.07) is 17.3. The van der Waals surface area contributed by atoms with Gasteiger partial charge in [-0.15, -0.1) is 0 Å². The van der Waals surface area contributed by atoms with Crippen molar-refractivity contribution in [1.82, 2.24) is 5.32 Å². The second-order valence-corrected chi connectivity index (χ2v) is 5.73. The molecule has 1 atom stereocenters. The number of hydrogen-bond acceptors (Lipinski definition) is 2. The number of amides is 1. The number of ketones is 1. The molecular weight excluding hydrogens is 286 g/mol. The van der Waals surface area contributed by atoms with E-state index in [-0.39, 0.29) is 30.6 Å². The van der Waals surface area contributed by atoms with Crippen molar-refractivity contribution < 1.29 is 9.59 Å². The Kier molecular flexibility index (Phi) is 6.10. The first-order valence-electron chi connectivity index (χ1n) is 8.04. The summed E-state index contributed by atoms with van der Waals surface area (Å²) in [5.41, 5.74) is 2.95. The van der Waals surface area contributed by atoms with Crippen molar-refractivity contribution in [2.45, 2.75) is 39.2 Å². The van der Waals surface area contributed by atoms with Gasteiger partial charge in [0, 0.05) is 18.4 Å². The molecule has 2 rings (SSSR count). The summed E-state index contributed by atoms with van der Waals surface area (Å²) in [7, 11) is 0. The third-order valence-electron chi connectivity index (χ3n) is 3.90. The van der Waals surface area contributed by atoms with Crippen molar-refractivity contribution in [1.29, 1.82) is 0 Å². The summed E-state index contributed by atoms with van der Waals surface area (Å²) < 4.78 is 0. The lowest BCUT2D eigenvalue weighted by Crippen LogP contribution is -2.28. The highest BCUT2D eigenvalue weighted by Crippen LogP contribution is 2.17. The molecule has 0 spiro atoms. The van der Waals surface area contributed by atoms with Crippen LogP contribution >= 0.6 is 0 Å². The third-order valence-corrected chi connectivity index (χ3v) is 3.90. The highest BCUT2D eigenvalue weighted by atomic mass is 16.2. The van der Waals surface area contributed by atoms with Crippen LogP contribution in [0.25, 0.3) is 0 Å². The zero-order valence-corrected chi connectivity index (χ0v) is 13.7. The van der Waals surface area contributed by atoms with E-state index in [2.05, 4.69) is 5.32 Å². The Morgan fingerprint density at radius 1 is 0.957 bits per heavy atom. The van der Waals surface area contributed by atoms with Gasteiger partial charge in [0.2, 0.25) is 5.91 Å². The summed E-state index contributed by atoms with van der Waals surface area (Å²) in [6.07, 6.45) is 1.28. The van der Waals surface area contributed by atoms with Crippen LogP contribution in [0.2, 0.25) is 0 Å². The molecule has 0 unspecified atom stereocenters. The normalized spacial score (nSPS) is 11.7. The summed E-state index contributed by atoms with van der Waals surface area (Å²) in [5, 5.41) is 3.02. The van der Waals surface area contributed by atoms with E-state index in [1.807, 2.05) is 56.3 Å². The number of rotatable bonds is 7. The SMILES string of the molecule is CC[C@@H](NC(=O)CCC(=O)c1ccccc1)c1ccc(C)cc1. The molecule has 0 saturated heterocycles. The van der Waals surface area contributed by atoms with Gasteiger partial charge >= 0.3 is 0 Å². The van der Waals surface area contributed by atoms with Crippen LogP contribution in [0.15, 0.2) is 54.6 Å². The Labute approximate surface area is 137 Å². The van der Waals surface area contributed by atoms with E-state index < -0.39 is 0 Å². The minimum atomic E-state index is -0.0818. The monoisotopic (exact) mass is 309 g/mol. The van der Waals surface area contributed by atoms with Crippen LogP contribution in [0.1, 0.15) is 53.7 Å². The van der Waals surface area contributed by atoms with Crippen molar-refractivity contribution >= 4 is 11.7 Å². The highest BCUT2D eigenvalue weighted by molar-refractivity contribution is 5.97. The van der Waals surface area contributed by atoms with Crippen LogP contribution in [0.4, 0.5) is 0 Å². The van der Waals surface area contributed by atoms with Crippen molar-refractivity contribution in [3.63, 3.8) is 0 Å². The molecule has 0 saturated carbocycles. The van der Waals surface area contributed by atoms with Gasteiger partial charge in [0.05, 0.1) is 6.04 Å². The second-order valence-electron chi connectivity index (χ2n) is 5.73. The zero-order valence-electron chi connectivity index (χ0n) is 13.7. The first-order valence-corrected chi connectivity index (χ1v) is 8.04. The minimum Gasteiger partial charge on any atom is -0.349 e. The maximum absolute atomic E-state index is 12.1. The standard InChI is InChI=1S/C20H23NO2/c1-3-18(16-11-9-15(2)10-12-16)21-20(23)14-13-19(22)17-7-5-4-6-8-17/h4-12,18H,3,13-14H2,1-2H3,(H,21,23)/t18-/m1/s1. The molecule has 1 N–H and O–H groups in total. The number of hydrogen-bond donors (Lipinski definition) is 1. The topological polar surface area (TPSA) is 46.2 Å². The average Bonchev–Trinajstić information content (AvgIpc) is 2.59. The molecule has 3 nitrogen and oxygen atoms in total. The maximum atomic E-state index is 12.1. The number of carbonyl (C=O) groups is 2. The fourth-order valence-electron chi connectivity index (χ4n) is 2.48. The lowest BCUT2D eigenvalue weighted by Gasteiger charge is -2.17. The third kappa shape index (κ3) is 5.06. The summed E-state index contributed by atoms with van der Waals surface area (Å²) in [6.45, 7) is 4.08. The zero-order chi connectivity index (χ0) is 16.7. The Morgan fingerprint density at radius 3 is 2.22 bits per heavy atom. The van der Waals surface area contributed by atoms with E-state index in [1.165, 1.54) is 5.56 Å². The van der Waals surface area contributed by atoms with Gasteiger partial charge in [-0.25, -0.2) is 0 Å². The van der Waals surface area contributed by atoms with Gasteiger partial charge in [0.25, 0.3) is 0 Å². The molecule has 0 bridgehead atoms. The maximum Gasteiger partial charge on any atom is 0.220 e. The molecular formula is C20H23NO2. The van der Waals surface area contributed by atoms with Crippen molar-refractivity contribution in [3.8, 4) is 0 Å². The lowest BCUT2D eigenvalue weighted by atomic mass is 10.0. The Hall–Kier alpha value is -2.42. The van der Waals surface area contributed by atoms with E-state index in [1.54, 1.807) is 12.1 Å². The molecule has 23 heavy (non-hydrogen) atoms. The van der Waals surface area contributed by atoms with Gasteiger partial charge in [-0.3, -0.25) is 9.59 Å². The molecule has 0 aromatic heterocycles. The molecule has 0 radical (unpaired) electrons. The first kappa shape index (κ1) is 16.9. The van der Waals surface area contributed by atoms with Crippen LogP contribution in [-0.2, 0) is 4.79 Å². The van der Waals surface area contributed by atoms with Crippen LogP contribution < -0.4 is 5.32 Å². The Bertz CT molecular complexity index is 647. The summed E-state index contributed by atoms with van der Waals surface area (Å²) >= 11 is 0. The number of carbonyl (C=O) groups excluding carboxylic acids is 2. The van der Waals surface area contributed by atoms with Crippen molar-refractivity contribution in [3.05, 3.63) is 71.3 Å². The Morgan fingerprint density at radius 2 is 1.61 bits per heavy atom. The number of nitrogens with one attached hydrogen (secondary N) is 1. The number of aryl methyl sites for hydroxylation is 1. The lowest BCUT2D eigenvalue weighted by molar-refractivity contribution is -0.121. The Balaban J connectivity index is 1.88. The predicted octanol–water partition coefficient (Wildman–Crippen LogP) is 4.23. The van der Waals surface area contributed by atoms with Crippen LogP contribution in [0.5, 0.6) is 0 Å². The quantitative estimate of drug-likeness (QED) is 0.778. The van der Waals surface area contributed by atoms with E-state index in [0.717, 1.165) is 12.0 Å². The van der Waals surface area contributed by atoms with Gasteiger partial charge in [-0.1, -0.05) is 67.1 Å². The fourth-order valence-corrected chi connectivity index (χ4v) is 2.48. The summed E-state index contributed by atoms with van der Waals surface area (Å²) in [5.74, 6) is -0.0779. The van der Waals surface area contributed by atoms with Crippen LogP contribution in [0, 0.1) is 6.92 Å². The molecule has 0 aliphatic carbocycles. The van der Waals surface area contributed by atoms with Gasteiger partial charge in [-0.05, 0) is 18.9 Å². The molecule has 120 valence electrons. The van der Waals surface area contributed by atoms with Gasteiger partial charge in [0.15, 0.2) is 5.78 Å². The van der Waals surface area contributed by atoms with Crippen molar-refractivity contribution in [2.24, 2.45) is 0 Å². The first-order chi connectivity index (χ1) is 11.1. The van der Waals surface area contributed by atoms with Crippen molar-refractivity contribution in [2.75, 3.05) is 0 Å². The molecule has 3 heteroatoms. The molecule has 0 fully saturated rings. The van der Waals surface area contributed by atoms with E-state index in [9.17, 15) is 9.59 Å². The molecule has 1 amide bonds. The van der Waals surface area contributed by atoms with E-state index in [0.29, 0.717) is 5.56 Å². The van der Waals surface area contributed by atoms with Crippen LogP contribution in [0.3, 0.4) is 0 Å². The number of benzene rings is 2. The minimum absolute atomic E-state index is 0.00383. The smallest absolute Gasteiger partial charge is 0.220 e. The van der Waals surface area contributed by atoms with Crippen LogP contribution in [-0.4, -0.2) is 11.7 Å². The molecule has 2 aromatic carbocycles. The molecule has 0 aliphatic rings. The summed E-state index contributed by atoms with van der Waals surface area (Å²) in [4.78, 5) is 24.2. The largest absolute Gasteiger partial charge is 0.349 e. The average molecular weight is 309 g/mol. The molecule has 0 heterocycles. The van der Waals surface area contributed by atoms with Gasteiger partial charge < -0.3 is 5.32 Å². The van der Waals surface area contributed by atoms with E-state index in [4.69, 9.17) is 0 Å².